The summed E-state index contributed by atoms with van der Waals surface area (Å²) in [5, 5.41) is 13.9. The Morgan fingerprint density at radius 2 is 2.39 bits per heavy atom. The van der Waals surface area contributed by atoms with E-state index < -0.39 is 0 Å². The van der Waals surface area contributed by atoms with Gasteiger partial charge in [0.15, 0.2) is 5.82 Å². The minimum Gasteiger partial charge on any atom is -0.376 e. The molecule has 1 N–H and O–H groups in total. The number of carbonyl (C=O) groups is 1. The molecular weight excluding hydrogens is 294 g/mol. The van der Waals surface area contributed by atoms with Crippen LogP contribution in [0.2, 0.25) is 0 Å². The fourth-order valence-electron chi connectivity index (χ4n) is 2.88. The molecular formula is C16H21N5O2. The maximum Gasteiger partial charge on any atom is 0.253 e. The average molecular weight is 315 g/mol. The van der Waals surface area contributed by atoms with Gasteiger partial charge in [-0.3, -0.25) is 4.79 Å². The number of carbonyl (C=O) groups excluding carboxylic acids is 1. The quantitative estimate of drug-likeness (QED) is 0.902. The molecule has 1 saturated heterocycles. The molecule has 23 heavy (non-hydrogen) atoms. The van der Waals surface area contributed by atoms with Crippen molar-refractivity contribution >= 4 is 5.91 Å². The number of likely N-dealkylation sites (N-methyl/N-ethyl adjacent to an activating group) is 1. The molecule has 2 unspecified atom stereocenters. The van der Waals surface area contributed by atoms with Gasteiger partial charge in [0.1, 0.15) is 0 Å². The van der Waals surface area contributed by atoms with Crippen LogP contribution in [0.15, 0.2) is 24.3 Å². The Hall–Kier alpha value is -2.28. The van der Waals surface area contributed by atoms with Crippen molar-refractivity contribution in [1.29, 1.82) is 0 Å². The number of rotatable bonds is 5. The van der Waals surface area contributed by atoms with Crippen molar-refractivity contribution in [2.45, 2.75) is 38.3 Å². The largest absolute Gasteiger partial charge is 0.376 e. The molecule has 1 aliphatic heterocycles. The van der Waals surface area contributed by atoms with E-state index in [-0.39, 0.29) is 18.1 Å². The number of amides is 1. The van der Waals surface area contributed by atoms with E-state index in [1.165, 1.54) is 0 Å². The highest BCUT2D eigenvalue weighted by atomic mass is 16.5. The number of aromatic nitrogens is 4. The lowest BCUT2D eigenvalue weighted by Crippen LogP contribution is -2.42. The third kappa shape index (κ3) is 3.56. The molecule has 1 aliphatic rings. The van der Waals surface area contributed by atoms with E-state index in [1.54, 1.807) is 4.90 Å². The minimum absolute atomic E-state index is 0.00274. The molecule has 0 bridgehead atoms. The zero-order valence-electron chi connectivity index (χ0n) is 13.4. The fourth-order valence-corrected chi connectivity index (χ4v) is 2.88. The van der Waals surface area contributed by atoms with Crippen molar-refractivity contribution in [3.8, 4) is 0 Å². The van der Waals surface area contributed by atoms with Crippen LogP contribution in [0.5, 0.6) is 0 Å². The second kappa shape index (κ2) is 6.87. The van der Waals surface area contributed by atoms with Crippen LogP contribution in [-0.2, 0) is 11.2 Å². The lowest BCUT2D eigenvalue weighted by Gasteiger charge is -2.29. The Balaban J connectivity index is 1.71. The second-order valence-electron chi connectivity index (χ2n) is 5.91. The molecule has 1 amide bonds. The maximum atomic E-state index is 12.7. The van der Waals surface area contributed by atoms with E-state index in [1.807, 2.05) is 38.2 Å². The number of aromatic amines is 1. The summed E-state index contributed by atoms with van der Waals surface area (Å²) in [6.07, 6.45) is 2.75. The van der Waals surface area contributed by atoms with Gasteiger partial charge < -0.3 is 9.64 Å². The van der Waals surface area contributed by atoms with Crippen LogP contribution < -0.4 is 0 Å². The molecule has 2 atom stereocenters. The van der Waals surface area contributed by atoms with Crippen LogP contribution in [0.25, 0.3) is 0 Å². The highest BCUT2D eigenvalue weighted by molar-refractivity contribution is 5.94. The predicted octanol–water partition coefficient (Wildman–Crippen LogP) is 1.43. The van der Waals surface area contributed by atoms with Gasteiger partial charge in [-0.25, -0.2) is 0 Å². The van der Waals surface area contributed by atoms with E-state index in [2.05, 4.69) is 20.6 Å². The monoisotopic (exact) mass is 315 g/mol. The van der Waals surface area contributed by atoms with Crippen LogP contribution in [0.3, 0.4) is 0 Å². The third-order valence-corrected chi connectivity index (χ3v) is 4.36. The van der Waals surface area contributed by atoms with Gasteiger partial charge in [0, 0.05) is 25.6 Å². The molecule has 1 aromatic heterocycles. The Kier molecular flexibility index (Phi) is 4.66. The molecule has 0 saturated carbocycles. The van der Waals surface area contributed by atoms with Gasteiger partial charge in [-0.05, 0) is 37.5 Å². The Morgan fingerprint density at radius 3 is 3.09 bits per heavy atom. The van der Waals surface area contributed by atoms with E-state index in [9.17, 15) is 4.79 Å². The van der Waals surface area contributed by atoms with Crippen molar-refractivity contribution in [2.75, 3.05) is 13.7 Å². The highest BCUT2D eigenvalue weighted by Crippen LogP contribution is 2.20. The number of benzene rings is 1. The van der Waals surface area contributed by atoms with Crippen LogP contribution in [0.1, 0.15) is 41.5 Å². The van der Waals surface area contributed by atoms with Gasteiger partial charge in [-0.2, -0.15) is 5.21 Å². The smallest absolute Gasteiger partial charge is 0.253 e. The standard InChI is InChI=1S/C16H21N5O2/c1-11(14-7-4-8-23-14)21(2)16(22)13-6-3-5-12(9-13)10-15-17-19-20-18-15/h3,5-6,9,11,14H,4,7-8,10H2,1-2H3,(H,17,18,19,20). The van der Waals surface area contributed by atoms with Crippen molar-refractivity contribution in [1.82, 2.24) is 25.5 Å². The fraction of sp³-hybridized carbons (Fsp3) is 0.500. The number of nitrogens with one attached hydrogen (secondary N) is 1. The Bertz CT molecular complexity index is 652. The molecule has 7 nitrogen and oxygen atoms in total. The molecule has 1 fully saturated rings. The van der Waals surface area contributed by atoms with E-state index >= 15 is 0 Å². The zero-order chi connectivity index (χ0) is 16.2. The first-order chi connectivity index (χ1) is 11.1. The third-order valence-electron chi connectivity index (χ3n) is 4.36. The van der Waals surface area contributed by atoms with Gasteiger partial charge in [-0.1, -0.05) is 17.3 Å². The van der Waals surface area contributed by atoms with Gasteiger partial charge in [-0.15, -0.1) is 10.2 Å². The molecule has 2 aromatic rings. The number of nitrogens with zero attached hydrogens (tertiary/aromatic N) is 4. The van der Waals surface area contributed by atoms with Gasteiger partial charge in [0.05, 0.1) is 12.1 Å². The molecule has 1 aromatic carbocycles. The first kappa shape index (κ1) is 15.6. The minimum atomic E-state index is 0.00274. The van der Waals surface area contributed by atoms with Crippen molar-refractivity contribution in [2.24, 2.45) is 0 Å². The first-order valence-electron chi connectivity index (χ1n) is 7.85. The summed E-state index contributed by atoms with van der Waals surface area (Å²) in [7, 11) is 1.83. The molecule has 122 valence electrons. The number of hydrogen-bond acceptors (Lipinski definition) is 5. The van der Waals surface area contributed by atoms with E-state index in [4.69, 9.17) is 4.74 Å². The van der Waals surface area contributed by atoms with E-state index in [0.717, 1.165) is 25.0 Å². The summed E-state index contributed by atoms with van der Waals surface area (Å²) in [6, 6.07) is 7.62. The van der Waals surface area contributed by atoms with Gasteiger partial charge in [0.25, 0.3) is 5.91 Å². The number of ether oxygens (including phenoxy) is 1. The SMILES string of the molecule is CC(C1CCCO1)N(C)C(=O)c1cccc(Cc2nn[nH]n2)c1. The topological polar surface area (TPSA) is 84.0 Å². The summed E-state index contributed by atoms with van der Waals surface area (Å²) >= 11 is 0. The van der Waals surface area contributed by atoms with Crippen LogP contribution in [-0.4, -0.2) is 57.2 Å². The Labute approximate surface area is 135 Å². The van der Waals surface area contributed by atoms with Crippen LogP contribution in [0.4, 0.5) is 0 Å². The van der Waals surface area contributed by atoms with Gasteiger partial charge in [0.2, 0.25) is 0 Å². The van der Waals surface area contributed by atoms with Crippen molar-refractivity contribution < 1.29 is 9.53 Å². The second-order valence-corrected chi connectivity index (χ2v) is 5.91. The number of H-pyrrole nitrogens is 1. The lowest BCUT2D eigenvalue weighted by atomic mass is 10.0. The molecule has 7 heteroatoms. The molecule has 2 heterocycles. The Morgan fingerprint density at radius 1 is 1.52 bits per heavy atom. The van der Waals surface area contributed by atoms with Crippen LogP contribution in [0, 0.1) is 0 Å². The summed E-state index contributed by atoms with van der Waals surface area (Å²) in [4.78, 5) is 14.5. The summed E-state index contributed by atoms with van der Waals surface area (Å²) in [5.41, 5.74) is 1.65. The van der Waals surface area contributed by atoms with Crippen molar-refractivity contribution in [3.05, 3.63) is 41.2 Å². The van der Waals surface area contributed by atoms with E-state index in [0.29, 0.717) is 17.8 Å². The first-order valence-corrected chi connectivity index (χ1v) is 7.85. The van der Waals surface area contributed by atoms with Crippen molar-refractivity contribution in [3.63, 3.8) is 0 Å². The molecule has 0 aliphatic carbocycles. The summed E-state index contributed by atoms with van der Waals surface area (Å²) in [5.74, 6) is 0.610. The van der Waals surface area contributed by atoms with Crippen LogP contribution >= 0.6 is 0 Å². The van der Waals surface area contributed by atoms with Gasteiger partial charge >= 0.3 is 0 Å². The number of tetrazole rings is 1. The lowest BCUT2D eigenvalue weighted by molar-refractivity contribution is 0.0341. The molecule has 0 spiro atoms. The summed E-state index contributed by atoms with van der Waals surface area (Å²) in [6.45, 7) is 2.83. The number of hydrogen-bond donors (Lipinski definition) is 1. The zero-order valence-corrected chi connectivity index (χ0v) is 13.4. The molecule has 0 radical (unpaired) electrons. The predicted molar refractivity (Wildman–Crippen MR) is 84.0 cm³/mol. The molecule has 3 rings (SSSR count). The maximum absolute atomic E-state index is 12.7. The highest BCUT2D eigenvalue weighted by Gasteiger charge is 2.28. The normalized spacial score (nSPS) is 18.8. The summed E-state index contributed by atoms with van der Waals surface area (Å²) < 4.78 is 5.69. The average Bonchev–Trinajstić information content (AvgIpc) is 3.26.